The number of carbonyl (C=O) groups excluding carboxylic acids is 3. The summed E-state index contributed by atoms with van der Waals surface area (Å²) in [4.78, 5) is 43.5. The molecule has 2 aliphatic rings. The predicted molar refractivity (Wildman–Crippen MR) is 91.5 cm³/mol. The van der Waals surface area contributed by atoms with Crippen molar-refractivity contribution in [3.63, 3.8) is 0 Å². The number of hydrogen-bond donors (Lipinski definition) is 0. The monoisotopic (exact) mass is 359 g/mol. The highest BCUT2D eigenvalue weighted by Crippen LogP contribution is 2.25. The first-order valence-electron chi connectivity index (χ1n) is 8.18. The Morgan fingerprint density at radius 3 is 2.72 bits per heavy atom. The lowest BCUT2D eigenvalue weighted by Gasteiger charge is -2.34. The molecule has 0 saturated carbocycles. The van der Waals surface area contributed by atoms with Crippen LogP contribution < -0.4 is 0 Å². The highest BCUT2D eigenvalue weighted by atomic mass is 32.1. The van der Waals surface area contributed by atoms with Crippen LogP contribution in [0.25, 0.3) is 10.2 Å². The molecule has 1 aromatic carbocycles. The van der Waals surface area contributed by atoms with Gasteiger partial charge in [-0.05, 0) is 38.0 Å². The number of amides is 3. The SMILES string of the molecule is Cc1nc2ccc(C(=O)N3CCC(N4C(=O)COC4=O)CC3)cc2s1. The van der Waals surface area contributed by atoms with Gasteiger partial charge in [-0.25, -0.2) is 14.7 Å². The van der Waals surface area contributed by atoms with Crippen LogP contribution in [0, 0.1) is 6.92 Å². The number of piperidine rings is 1. The molecule has 2 saturated heterocycles. The molecule has 0 unspecified atom stereocenters. The van der Waals surface area contributed by atoms with Gasteiger partial charge in [0, 0.05) is 24.7 Å². The van der Waals surface area contributed by atoms with Gasteiger partial charge >= 0.3 is 6.09 Å². The van der Waals surface area contributed by atoms with Crippen LogP contribution in [0.1, 0.15) is 28.2 Å². The van der Waals surface area contributed by atoms with Gasteiger partial charge in [-0.15, -0.1) is 11.3 Å². The van der Waals surface area contributed by atoms with E-state index >= 15 is 0 Å². The lowest BCUT2D eigenvalue weighted by Crippen LogP contribution is -2.48. The largest absolute Gasteiger partial charge is 0.439 e. The quantitative estimate of drug-likeness (QED) is 0.821. The van der Waals surface area contributed by atoms with E-state index in [1.807, 2.05) is 19.1 Å². The van der Waals surface area contributed by atoms with Crippen molar-refractivity contribution in [3.05, 3.63) is 28.8 Å². The van der Waals surface area contributed by atoms with Gasteiger partial charge in [0.05, 0.1) is 15.2 Å². The number of benzene rings is 1. The summed E-state index contributed by atoms with van der Waals surface area (Å²) >= 11 is 1.57. The fourth-order valence-corrected chi connectivity index (χ4v) is 4.27. The van der Waals surface area contributed by atoms with E-state index in [-0.39, 0.29) is 24.5 Å². The summed E-state index contributed by atoms with van der Waals surface area (Å²) in [7, 11) is 0. The first kappa shape index (κ1) is 16.0. The molecular formula is C17H17N3O4S. The first-order valence-corrected chi connectivity index (χ1v) is 9.00. The highest BCUT2D eigenvalue weighted by molar-refractivity contribution is 7.18. The van der Waals surface area contributed by atoms with E-state index in [4.69, 9.17) is 4.74 Å². The lowest BCUT2D eigenvalue weighted by molar-refractivity contribution is -0.127. The smallest absolute Gasteiger partial charge is 0.417 e. The average Bonchev–Trinajstić information content (AvgIpc) is 3.14. The summed E-state index contributed by atoms with van der Waals surface area (Å²) in [6.07, 6.45) is 0.587. The van der Waals surface area contributed by atoms with Crippen molar-refractivity contribution < 1.29 is 19.1 Å². The van der Waals surface area contributed by atoms with E-state index in [9.17, 15) is 14.4 Å². The maximum absolute atomic E-state index is 12.7. The number of likely N-dealkylation sites (tertiary alicyclic amines) is 1. The summed E-state index contributed by atoms with van der Waals surface area (Å²) in [5, 5.41) is 0.975. The Morgan fingerprint density at radius 2 is 2.04 bits per heavy atom. The molecule has 1 aromatic heterocycles. The lowest BCUT2D eigenvalue weighted by atomic mass is 10.0. The molecule has 0 spiro atoms. The van der Waals surface area contributed by atoms with Crippen LogP contribution in [-0.2, 0) is 9.53 Å². The van der Waals surface area contributed by atoms with Crippen molar-refractivity contribution in [1.82, 2.24) is 14.8 Å². The molecule has 7 nitrogen and oxygen atoms in total. The Hall–Kier alpha value is -2.48. The Kier molecular flexibility index (Phi) is 3.91. The van der Waals surface area contributed by atoms with Crippen LogP contribution in [-0.4, -0.2) is 58.4 Å². The van der Waals surface area contributed by atoms with Crippen molar-refractivity contribution in [2.45, 2.75) is 25.8 Å². The van der Waals surface area contributed by atoms with Crippen LogP contribution in [0.2, 0.25) is 0 Å². The number of fused-ring (bicyclic) bond motifs is 1. The van der Waals surface area contributed by atoms with Crippen LogP contribution in [0.5, 0.6) is 0 Å². The minimum Gasteiger partial charge on any atom is -0.439 e. The standard InChI is InChI=1S/C17H17N3O4S/c1-10-18-13-3-2-11(8-14(13)25-10)16(22)19-6-4-12(5-7-19)20-15(21)9-24-17(20)23/h2-3,8,12H,4-7,9H2,1H3. The number of nitrogens with zero attached hydrogens (tertiary/aromatic N) is 3. The molecule has 0 aliphatic carbocycles. The van der Waals surface area contributed by atoms with Gasteiger partial charge in [0.15, 0.2) is 6.61 Å². The molecule has 3 heterocycles. The molecular weight excluding hydrogens is 342 g/mol. The number of thiazole rings is 1. The summed E-state index contributed by atoms with van der Waals surface area (Å²) in [6, 6.07) is 5.38. The topological polar surface area (TPSA) is 79.8 Å². The molecule has 0 bridgehead atoms. The fraction of sp³-hybridized carbons (Fsp3) is 0.412. The molecule has 8 heteroatoms. The Balaban J connectivity index is 1.45. The second-order valence-electron chi connectivity index (χ2n) is 6.26. The average molecular weight is 359 g/mol. The summed E-state index contributed by atoms with van der Waals surface area (Å²) in [6.45, 7) is 2.80. The number of imide groups is 1. The Morgan fingerprint density at radius 1 is 1.28 bits per heavy atom. The van der Waals surface area contributed by atoms with Gasteiger partial charge in [-0.1, -0.05) is 0 Å². The third kappa shape index (κ3) is 2.86. The van der Waals surface area contributed by atoms with Crippen molar-refractivity contribution in [1.29, 1.82) is 0 Å². The number of cyclic esters (lactones) is 1. The van der Waals surface area contributed by atoms with Gasteiger partial charge in [0.1, 0.15) is 0 Å². The number of rotatable bonds is 2. The molecule has 4 rings (SSSR count). The molecule has 2 aliphatic heterocycles. The normalized spacial score (nSPS) is 18.9. The second kappa shape index (κ2) is 6.11. The zero-order valence-electron chi connectivity index (χ0n) is 13.7. The van der Waals surface area contributed by atoms with E-state index in [1.54, 1.807) is 22.3 Å². The predicted octanol–water partition coefficient (Wildman–Crippen LogP) is 2.19. The van der Waals surface area contributed by atoms with Crippen LogP contribution in [0.3, 0.4) is 0 Å². The summed E-state index contributed by atoms with van der Waals surface area (Å²) < 4.78 is 5.77. The zero-order valence-corrected chi connectivity index (χ0v) is 14.5. The second-order valence-corrected chi connectivity index (χ2v) is 7.49. The number of ether oxygens (including phenoxy) is 1. The Labute approximate surface area is 148 Å². The van der Waals surface area contributed by atoms with E-state index in [0.717, 1.165) is 15.2 Å². The van der Waals surface area contributed by atoms with Crippen molar-refractivity contribution in [2.75, 3.05) is 19.7 Å². The molecule has 0 atom stereocenters. The third-order valence-corrected chi connectivity index (χ3v) is 5.58. The van der Waals surface area contributed by atoms with Gasteiger partial charge in [0.2, 0.25) is 0 Å². The van der Waals surface area contributed by atoms with Crippen molar-refractivity contribution in [2.24, 2.45) is 0 Å². The third-order valence-electron chi connectivity index (χ3n) is 4.64. The maximum atomic E-state index is 12.7. The number of aryl methyl sites for hydroxylation is 1. The molecule has 2 aromatic rings. The molecule has 25 heavy (non-hydrogen) atoms. The van der Waals surface area contributed by atoms with E-state index in [0.29, 0.717) is 31.5 Å². The minimum atomic E-state index is -0.569. The molecule has 0 N–H and O–H groups in total. The molecule has 0 radical (unpaired) electrons. The van der Waals surface area contributed by atoms with Gasteiger partial charge in [-0.2, -0.15) is 0 Å². The highest BCUT2D eigenvalue weighted by Gasteiger charge is 2.39. The van der Waals surface area contributed by atoms with Gasteiger partial charge in [0.25, 0.3) is 11.8 Å². The molecule has 3 amide bonds. The zero-order chi connectivity index (χ0) is 17.6. The number of carbonyl (C=O) groups is 3. The number of hydrogen-bond acceptors (Lipinski definition) is 6. The maximum Gasteiger partial charge on any atom is 0.417 e. The van der Waals surface area contributed by atoms with Gasteiger partial charge < -0.3 is 9.64 Å². The molecule has 130 valence electrons. The van der Waals surface area contributed by atoms with Crippen molar-refractivity contribution in [3.8, 4) is 0 Å². The summed E-state index contributed by atoms with van der Waals surface area (Å²) in [5.74, 6) is -0.317. The number of aromatic nitrogens is 1. The van der Waals surface area contributed by atoms with Crippen LogP contribution >= 0.6 is 11.3 Å². The summed E-state index contributed by atoms with van der Waals surface area (Å²) in [5.41, 5.74) is 1.55. The van der Waals surface area contributed by atoms with Crippen LogP contribution in [0.4, 0.5) is 4.79 Å². The van der Waals surface area contributed by atoms with Gasteiger partial charge in [-0.3, -0.25) is 9.59 Å². The van der Waals surface area contributed by atoms with E-state index in [1.165, 1.54) is 4.90 Å². The van der Waals surface area contributed by atoms with E-state index < -0.39 is 6.09 Å². The van der Waals surface area contributed by atoms with E-state index in [2.05, 4.69) is 4.98 Å². The molecule has 2 fully saturated rings. The minimum absolute atomic E-state index is 0.0262. The fourth-order valence-electron chi connectivity index (χ4n) is 3.40. The Bertz CT molecular complexity index is 854. The first-order chi connectivity index (χ1) is 12.0. The van der Waals surface area contributed by atoms with Crippen molar-refractivity contribution >= 4 is 39.5 Å². The van der Waals surface area contributed by atoms with Crippen LogP contribution in [0.15, 0.2) is 18.2 Å².